The summed E-state index contributed by atoms with van der Waals surface area (Å²) in [4.78, 5) is 25.1. The lowest BCUT2D eigenvalue weighted by atomic mass is 9.42. The van der Waals surface area contributed by atoms with Crippen LogP contribution in [0.5, 0.6) is 0 Å². The summed E-state index contributed by atoms with van der Waals surface area (Å²) in [7, 11) is 0. The highest BCUT2D eigenvalue weighted by Crippen LogP contribution is 2.71. The number of hydrogen-bond acceptors (Lipinski definition) is 4. The molecule has 0 heterocycles. The molecule has 3 N–H and O–H groups in total. The maximum absolute atomic E-state index is 13.9. The minimum Gasteiger partial charge on any atom is -0.478 e. The summed E-state index contributed by atoms with van der Waals surface area (Å²) >= 11 is 0. The van der Waals surface area contributed by atoms with Crippen molar-refractivity contribution in [2.45, 2.75) is 112 Å². The topological polar surface area (TPSA) is 94.8 Å². The average Bonchev–Trinajstić information content (AvgIpc) is 3.03. The predicted molar refractivity (Wildman–Crippen MR) is 137 cm³/mol. The zero-order valence-corrected chi connectivity index (χ0v) is 22.8. The van der Waals surface area contributed by atoms with Crippen LogP contribution in [-0.2, 0) is 9.59 Å². The molecule has 0 aliphatic heterocycles. The molecule has 0 amide bonds. The second-order valence-corrected chi connectivity index (χ2v) is 13.6. The second-order valence-electron chi connectivity index (χ2n) is 13.6. The van der Waals surface area contributed by atoms with Crippen LogP contribution in [0.25, 0.3) is 0 Å². The third-order valence-corrected chi connectivity index (χ3v) is 11.6. The minimum atomic E-state index is -0.867. The van der Waals surface area contributed by atoms with Crippen molar-refractivity contribution in [2.75, 3.05) is 0 Å². The first-order valence-electron chi connectivity index (χ1n) is 13.7. The number of aliphatic carboxylic acids is 1. The van der Waals surface area contributed by atoms with Crippen LogP contribution in [0.4, 0.5) is 0 Å². The lowest BCUT2D eigenvalue weighted by Gasteiger charge is -2.62. The van der Waals surface area contributed by atoms with Crippen molar-refractivity contribution in [3.63, 3.8) is 0 Å². The summed E-state index contributed by atoms with van der Waals surface area (Å²) < 4.78 is 0. The Morgan fingerprint density at radius 3 is 2.40 bits per heavy atom. The van der Waals surface area contributed by atoms with Crippen LogP contribution in [0.2, 0.25) is 0 Å². The van der Waals surface area contributed by atoms with Crippen molar-refractivity contribution in [3.8, 4) is 0 Å². The quantitative estimate of drug-likeness (QED) is 0.434. The van der Waals surface area contributed by atoms with E-state index in [4.69, 9.17) is 5.11 Å². The van der Waals surface area contributed by atoms with Gasteiger partial charge in [0.2, 0.25) is 0 Å². The van der Waals surface area contributed by atoms with Crippen molar-refractivity contribution < 1.29 is 24.9 Å². The first-order valence-corrected chi connectivity index (χ1v) is 13.7. The fourth-order valence-electron chi connectivity index (χ4n) is 9.23. The van der Waals surface area contributed by atoms with Crippen molar-refractivity contribution in [1.29, 1.82) is 0 Å². The molecule has 2 fully saturated rings. The first kappa shape index (κ1) is 26.6. The van der Waals surface area contributed by atoms with Crippen LogP contribution in [0.15, 0.2) is 22.8 Å². The van der Waals surface area contributed by atoms with Gasteiger partial charge < -0.3 is 15.3 Å². The number of carboxylic acid groups (broad SMARTS) is 1. The largest absolute Gasteiger partial charge is 0.478 e. The molecule has 2 saturated carbocycles. The van der Waals surface area contributed by atoms with Crippen molar-refractivity contribution in [1.82, 2.24) is 0 Å². The summed E-state index contributed by atoms with van der Waals surface area (Å²) in [6, 6.07) is 0. The van der Waals surface area contributed by atoms with Crippen LogP contribution in [0.3, 0.4) is 0 Å². The molecular formula is C30H46O5. The van der Waals surface area contributed by atoms with Crippen LogP contribution < -0.4 is 0 Å². The third-order valence-electron chi connectivity index (χ3n) is 11.6. The van der Waals surface area contributed by atoms with E-state index in [1.807, 2.05) is 6.08 Å². The van der Waals surface area contributed by atoms with Crippen molar-refractivity contribution in [2.24, 2.45) is 39.4 Å². The molecule has 0 aromatic heterocycles. The molecule has 5 nitrogen and oxygen atoms in total. The number of carboxylic acids is 1. The number of aliphatic hydroxyl groups is 2. The molecule has 4 aliphatic rings. The fourth-order valence-corrected chi connectivity index (χ4v) is 9.23. The van der Waals surface area contributed by atoms with E-state index in [0.29, 0.717) is 36.7 Å². The SMILES string of the molecule is C/C(=C\CC[C@@H](C)[C@H]1CC[C@@]2(C)C3=C([C@H](O)C[C@]12C)[C@@]1(C)CC[C@H](O)C(C)(C)[C@@H]1CC3=O)C(=O)O. The highest BCUT2D eigenvalue weighted by Gasteiger charge is 2.67. The number of ketones is 1. The summed E-state index contributed by atoms with van der Waals surface area (Å²) in [6.07, 6.45) is 7.01. The molecule has 0 spiro atoms. The zero-order valence-electron chi connectivity index (χ0n) is 22.8. The minimum absolute atomic E-state index is 0.0352. The Kier molecular flexibility index (Phi) is 6.50. The van der Waals surface area contributed by atoms with Crippen LogP contribution in [0.1, 0.15) is 99.8 Å². The van der Waals surface area contributed by atoms with Crippen molar-refractivity contribution >= 4 is 11.8 Å². The normalized spacial score (nSPS) is 43.9. The maximum atomic E-state index is 13.9. The molecule has 0 aromatic carbocycles. The number of fused-ring (bicyclic) bond motifs is 4. The Bertz CT molecular complexity index is 975. The molecule has 0 bridgehead atoms. The van der Waals surface area contributed by atoms with Crippen LogP contribution in [0, 0.1) is 39.4 Å². The Balaban J connectivity index is 1.70. The Morgan fingerprint density at radius 1 is 1.11 bits per heavy atom. The Hall–Kier alpha value is -1.46. The number of carbonyl (C=O) groups excluding carboxylic acids is 1. The molecule has 196 valence electrons. The van der Waals surface area contributed by atoms with Gasteiger partial charge in [0.25, 0.3) is 0 Å². The molecule has 5 heteroatoms. The van der Waals surface area contributed by atoms with Gasteiger partial charge >= 0.3 is 5.97 Å². The van der Waals surface area contributed by atoms with Gasteiger partial charge in [0.05, 0.1) is 12.2 Å². The highest BCUT2D eigenvalue weighted by molar-refractivity contribution is 6.00. The predicted octanol–water partition coefficient (Wildman–Crippen LogP) is 5.69. The summed E-state index contributed by atoms with van der Waals surface area (Å²) in [6.45, 7) is 14.9. The van der Waals surface area contributed by atoms with Gasteiger partial charge in [-0.15, -0.1) is 0 Å². The lowest BCUT2D eigenvalue weighted by Crippen LogP contribution is -2.59. The standard InChI is InChI=1S/C30H46O5/c1-17(9-8-10-18(2)26(34)35)19-11-14-29(6)25-20(31)15-22-27(3,4)23(33)12-13-28(22,5)24(25)21(32)16-30(19,29)7/h10,17,19,21-23,32-33H,8-9,11-16H2,1-7H3,(H,34,35)/b18-10+/t17-,19-,21-,22+,23+,28+,29+,30-/m1/s1. The average molecular weight is 487 g/mol. The smallest absolute Gasteiger partial charge is 0.330 e. The van der Waals surface area contributed by atoms with E-state index in [9.17, 15) is 19.8 Å². The number of allylic oxidation sites excluding steroid dienone is 2. The van der Waals surface area contributed by atoms with Gasteiger partial charge in [0.15, 0.2) is 5.78 Å². The van der Waals surface area contributed by atoms with E-state index in [0.717, 1.165) is 43.3 Å². The number of aliphatic hydroxyl groups excluding tert-OH is 2. The van der Waals surface area contributed by atoms with Crippen molar-refractivity contribution in [3.05, 3.63) is 22.8 Å². The van der Waals surface area contributed by atoms with Crippen LogP contribution in [-0.4, -0.2) is 39.3 Å². The number of hydrogen-bond donors (Lipinski definition) is 3. The summed E-state index contributed by atoms with van der Waals surface area (Å²) in [5.74, 6) is 0.102. The van der Waals surface area contributed by atoms with Gasteiger partial charge in [0.1, 0.15) is 0 Å². The second kappa shape index (κ2) is 8.55. The first-order chi connectivity index (χ1) is 16.1. The van der Waals surface area contributed by atoms with E-state index < -0.39 is 18.2 Å². The number of rotatable bonds is 5. The zero-order chi connectivity index (χ0) is 26.1. The lowest BCUT2D eigenvalue weighted by molar-refractivity contribution is -0.138. The van der Waals surface area contributed by atoms with Gasteiger partial charge in [-0.3, -0.25) is 4.79 Å². The molecule has 4 rings (SSSR count). The van der Waals surface area contributed by atoms with E-state index in [1.54, 1.807) is 6.92 Å². The van der Waals surface area contributed by atoms with Gasteiger partial charge in [-0.25, -0.2) is 4.79 Å². The van der Waals surface area contributed by atoms with E-state index in [1.165, 1.54) is 0 Å². The number of Topliss-reactive ketones (excluding diaryl/α,β-unsaturated/α-hetero) is 1. The van der Waals surface area contributed by atoms with E-state index >= 15 is 0 Å². The van der Waals surface area contributed by atoms with Gasteiger partial charge in [-0.1, -0.05) is 47.6 Å². The molecule has 8 atom stereocenters. The van der Waals surface area contributed by atoms with E-state index in [-0.39, 0.29) is 33.4 Å². The fraction of sp³-hybridized carbons (Fsp3) is 0.800. The summed E-state index contributed by atoms with van der Waals surface area (Å²) in [5.41, 5.74) is 1.22. The Morgan fingerprint density at radius 2 is 1.77 bits per heavy atom. The molecule has 0 radical (unpaired) electrons. The Labute approximate surface area is 211 Å². The molecule has 35 heavy (non-hydrogen) atoms. The molecule has 0 unspecified atom stereocenters. The highest BCUT2D eigenvalue weighted by atomic mass is 16.4. The third kappa shape index (κ3) is 3.70. The monoisotopic (exact) mass is 486 g/mol. The van der Waals surface area contributed by atoms with Gasteiger partial charge in [-0.2, -0.15) is 0 Å². The summed E-state index contributed by atoms with van der Waals surface area (Å²) in [5, 5.41) is 31.7. The molecule has 4 aliphatic carbocycles. The molecular weight excluding hydrogens is 440 g/mol. The van der Waals surface area contributed by atoms with Gasteiger partial charge in [0, 0.05) is 23.0 Å². The van der Waals surface area contributed by atoms with Crippen LogP contribution >= 0.6 is 0 Å². The molecule has 0 aromatic rings. The number of carbonyl (C=O) groups is 2. The molecule has 0 saturated heterocycles. The van der Waals surface area contributed by atoms with Gasteiger partial charge in [-0.05, 0) is 91.4 Å². The van der Waals surface area contributed by atoms with E-state index in [2.05, 4.69) is 41.5 Å². The maximum Gasteiger partial charge on any atom is 0.330 e.